The molecule has 0 aromatic carbocycles. The molecule has 0 N–H and O–H groups in total. The topological polar surface area (TPSA) is 82.6 Å². The van der Waals surface area contributed by atoms with Crippen LogP contribution in [0.5, 0.6) is 0 Å². The fraction of sp³-hybridized carbons (Fsp3) is 0.429. The van der Waals surface area contributed by atoms with Crippen molar-refractivity contribution >= 4 is 29.7 Å². The van der Waals surface area contributed by atoms with Crippen LogP contribution in [0.3, 0.4) is 0 Å². The van der Waals surface area contributed by atoms with Gasteiger partial charge < -0.3 is 9.47 Å². The van der Waals surface area contributed by atoms with Crippen molar-refractivity contribution in [2.24, 2.45) is 5.92 Å². The van der Waals surface area contributed by atoms with Gasteiger partial charge in [-0.3, -0.25) is 14.4 Å². The molecular weight excluding hydrogens is 294 g/mol. The van der Waals surface area contributed by atoms with Gasteiger partial charge in [-0.15, -0.1) is 0 Å². The molecule has 21 heavy (non-hydrogen) atoms. The fourth-order valence-electron chi connectivity index (χ4n) is 2.13. The molecule has 0 aliphatic carbocycles. The van der Waals surface area contributed by atoms with Crippen LogP contribution >= 0.6 is 11.8 Å². The Morgan fingerprint density at radius 3 is 2.86 bits per heavy atom. The summed E-state index contributed by atoms with van der Waals surface area (Å²) in [5.74, 6) is -2.32. The van der Waals surface area contributed by atoms with Gasteiger partial charge in [-0.25, -0.2) is 4.98 Å². The third kappa shape index (κ3) is 3.24. The molecular formula is C14H15NO5S. The lowest BCUT2D eigenvalue weighted by molar-refractivity contribution is -0.153. The van der Waals surface area contributed by atoms with E-state index in [-0.39, 0.29) is 12.8 Å². The highest BCUT2D eigenvalue weighted by molar-refractivity contribution is 8.01. The van der Waals surface area contributed by atoms with E-state index in [1.807, 2.05) is 0 Å². The third-order valence-electron chi connectivity index (χ3n) is 3.37. The molecule has 7 heteroatoms. The van der Waals surface area contributed by atoms with Gasteiger partial charge in [0.25, 0.3) is 0 Å². The van der Waals surface area contributed by atoms with Gasteiger partial charge in [0.1, 0.15) is 4.75 Å². The minimum Gasteiger partial charge on any atom is -0.469 e. The van der Waals surface area contributed by atoms with Gasteiger partial charge in [-0.1, -0.05) is 17.8 Å². The van der Waals surface area contributed by atoms with Crippen molar-refractivity contribution in [3.8, 4) is 0 Å². The molecule has 1 saturated heterocycles. The van der Waals surface area contributed by atoms with E-state index < -0.39 is 28.6 Å². The zero-order valence-corrected chi connectivity index (χ0v) is 12.5. The Balaban J connectivity index is 2.18. The fourth-order valence-corrected chi connectivity index (χ4v) is 3.30. The second kappa shape index (κ2) is 6.26. The molecule has 0 amide bonds. The van der Waals surface area contributed by atoms with Crippen LogP contribution in [0.25, 0.3) is 0 Å². The number of rotatable bonds is 5. The minimum absolute atomic E-state index is 0.0575. The van der Waals surface area contributed by atoms with Gasteiger partial charge in [0.15, 0.2) is 0 Å². The average molecular weight is 309 g/mol. The summed E-state index contributed by atoms with van der Waals surface area (Å²) in [7, 11) is 1.28. The number of carbonyl (C=O) groups excluding carboxylic acids is 3. The molecule has 1 fully saturated rings. The highest BCUT2D eigenvalue weighted by Gasteiger charge is 2.55. The van der Waals surface area contributed by atoms with Crippen LogP contribution in [0.4, 0.5) is 0 Å². The van der Waals surface area contributed by atoms with E-state index in [9.17, 15) is 14.4 Å². The molecule has 2 rings (SSSR count). The van der Waals surface area contributed by atoms with Crippen molar-refractivity contribution in [1.29, 1.82) is 0 Å². The number of ether oxygens (including phenoxy) is 2. The molecule has 1 aromatic rings. The number of thioether (sulfide) groups is 1. The molecule has 6 nitrogen and oxygen atoms in total. The van der Waals surface area contributed by atoms with Crippen molar-refractivity contribution in [1.82, 2.24) is 4.98 Å². The standard InChI is InChI=1S/C14H15NO5S/c1-14(21-10-5-3-4-8-15-10)9(6-7-11(16)19-2)12(17)20-13(14)18/h3-5,8-9H,6-7H2,1-2H3/t9-,14+/m0/s1. The van der Waals surface area contributed by atoms with Crippen molar-refractivity contribution in [3.05, 3.63) is 24.4 Å². The van der Waals surface area contributed by atoms with Crippen molar-refractivity contribution in [3.63, 3.8) is 0 Å². The van der Waals surface area contributed by atoms with E-state index in [0.717, 1.165) is 0 Å². The van der Waals surface area contributed by atoms with E-state index in [1.54, 1.807) is 31.3 Å². The number of carbonyl (C=O) groups is 3. The Labute approximate surface area is 126 Å². The lowest BCUT2D eigenvalue weighted by Crippen LogP contribution is -2.35. The van der Waals surface area contributed by atoms with Crippen molar-refractivity contribution < 1.29 is 23.9 Å². The summed E-state index contributed by atoms with van der Waals surface area (Å²) in [4.78, 5) is 39.3. The highest BCUT2D eigenvalue weighted by atomic mass is 32.2. The van der Waals surface area contributed by atoms with Gasteiger partial charge in [0.05, 0.1) is 18.1 Å². The first-order valence-corrected chi connectivity index (χ1v) is 7.22. The number of nitrogens with zero attached hydrogens (tertiary/aromatic N) is 1. The van der Waals surface area contributed by atoms with Crippen LogP contribution in [0.2, 0.25) is 0 Å². The van der Waals surface area contributed by atoms with E-state index in [2.05, 4.69) is 9.72 Å². The normalized spacial score (nSPS) is 24.8. The highest BCUT2D eigenvalue weighted by Crippen LogP contribution is 2.45. The maximum atomic E-state index is 12.0. The monoisotopic (exact) mass is 309 g/mol. The number of esters is 3. The van der Waals surface area contributed by atoms with Crippen LogP contribution in [0.15, 0.2) is 29.4 Å². The Morgan fingerprint density at radius 2 is 2.24 bits per heavy atom. The summed E-state index contributed by atoms with van der Waals surface area (Å²) in [5, 5.41) is 0.620. The molecule has 2 heterocycles. The van der Waals surface area contributed by atoms with Gasteiger partial charge in [0.2, 0.25) is 0 Å². The predicted molar refractivity (Wildman–Crippen MR) is 74.3 cm³/mol. The first kappa shape index (κ1) is 15.5. The minimum atomic E-state index is -1.08. The Morgan fingerprint density at radius 1 is 1.48 bits per heavy atom. The first-order valence-electron chi connectivity index (χ1n) is 6.40. The molecule has 2 atom stereocenters. The van der Waals surface area contributed by atoms with Gasteiger partial charge in [-0.05, 0) is 25.5 Å². The molecule has 0 spiro atoms. The maximum absolute atomic E-state index is 12.0. The number of hydrogen-bond donors (Lipinski definition) is 0. The number of cyclic esters (lactones) is 2. The smallest absolute Gasteiger partial charge is 0.330 e. The van der Waals surface area contributed by atoms with E-state index in [0.29, 0.717) is 5.03 Å². The average Bonchev–Trinajstić information content (AvgIpc) is 2.67. The Bertz CT molecular complexity index is 562. The molecule has 1 aromatic heterocycles. The lowest BCUT2D eigenvalue weighted by Gasteiger charge is -2.23. The van der Waals surface area contributed by atoms with Gasteiger partial charge >= 0.3 is 17.9 Å². The molecule has 1 aliphatic rings. The second-order valence-electron chi connectivity index (χ2n) is 4.75. The van der Waals surface area contributed by atoms with Crippen LogP contribution in [-0.4, -0.2) is 34.7 Å². The van der Waals surface area contributed by atoms with Crippen LogP contribution in [0, 0.1) is 5.92 Å². The van der Waals surface area contributed by atoms with Gasteiger partial charge in [-0.2, -0.15) is 0 Å². The van der Waals surface area contributed by atoms with Crippen molar-refractivity contribution in [2.75, 3.05) is 7.11 Å². The first-order chi connectivity index (χ1) is 9.97. The van der Waals surface area contributed by atoms with Gasteiger partial charge in [0, 0.05) is 12.6 Å². The Kier molecular flexibility index (Phi) is 4.62. The summed E-state index contributed by atoms with van der Waals surface area (Å²) in [5.41, 5.74) is 0. The zero-order chi connectivity index (χ0) is 15.5. The quantitative estimate of drug-likeness (QED) is 0.603. The second-order valence-corrected chi connectivity index (χ2v) is 6.22. The summed E-state index contributed by atoms with van der Waals surface area (Å²) in [6.07, 6.45) is 1.87. The third-order valence-corrected chi connectivity index (χ3v) is 4.69. The van der Waals surface area contributed by atoms with Crippen molar-refractivity contribution in [2.45, 2.75) is 29.5 Å². The molecule has 0 unspecified atom stereocenters. The Hall–Kier alpha value is -1.89. The lowest BCUT2D eigenvalue weighted by atomic mass is 9.91. The zero-order valence-electron chi connectivity index (χ0n) is 11.7. The molecule has 112 valence electrons. The molecule has 0 saturated carbocycles. The largest absolute Gasteiger partial charge is 0.469 e. The summed E-state index contributed by atoms with van der Waals surface area (Å²) in [6.45, 7) is 1.64. The number of methoxy groups -OCH3 is 1. The SMILES string of the molecule is COC(=O)CC[C@H]1C(=O)OC(=O)[C@]1(C)Sc1ccccn1. The van der Waals surface area contributed by atoms with E-state index in [4.69, 9.17) is 4.74 Å². The molecule has 0 bridgehead atoms. The summed E-state index contributed by atoms with van der Waals surface area (Å²) >= 11 is 1.17. The van der Waals surface area contributed by atoms with Crippen LogP contribution in [-0.2, 0) is 23.9 Å². The number of aromatic nitrogens is 1. The number of hydrogen-bond acceptors (Lipinski definition) is 7. The predicted octanol–water partition coefficient (Wildman–Crippen LogP) is 1.59. The van der Waals surface area contributed by atoms with Crippen LogP contribution in [0.1, 0.15) is 19.8 Å². The molecule has 0 radical (unpaired) electrons. The number of pyridine rings is 1. The molecule has 1 aliphatic heterocycles. The summed E-state index contributed by atoms with van der Waals surface area (Å²) < 4.78 is 8.23. The summed E-state index contributed by atoms with van der Waals surface area (Å²) in [6, 6.07) is 5.31. The maximum Gasteiger partial charge on any atom is 0.330 e. The van der Waals surface area contributed by atoms with E-state index >= 15 is 0 Å². The van der Waals surface area contributed by atoms with Crippen LogP contribution < -0.4 is 0 Å². The van der Waals surface area contributed by atoms with E-state index in [1.165, 1.54) is 18.9 Å².